The van der Waals surface area contributed by atoms with E-state index >= 15 is 0 Å². The summed E-state index contributed by atoms with van der Waals surface area (Å²) >= 11 is 6.12. The van der Waals surface area contributed by atoms with E-state index in [0.717, 1.165) is 45.6 Å². The van der Waals surface area contributed by atoms with E-state index in [9.17, 15) is 4.79 Å². The van der Waals surface area contributed by atoms with Crippen molar-refractivity contribution in [1.29, 1.82) is 0 Å². The largest absolute Gasteiger partial charge is 0.324 e. The fourth-order valence-electron chi connectivity index (χ4n) is 3.43. The molecule has 1 N–H and O–H groups in total. The molecule has 2 aromatic carbocycles. The van der Waals surface area contributed by atoms with Crippen LogP contribution in [0.3, 0.4) is 0 Å². The first kappa shape index (κ1) is 19.9. The van der Waals surface area contributed by atoms with Gasteiger partial charge in [0, 0.05) is 19.6 Å². The Hall–Kier alpha value is -1.88. The second-order valence-corrected chi connectivity index (χ2v) is 7.51. The number of rotatable bonds is 6. The van der Waals surface area contributed by atoms with Gasteiger partial charge < -0.3 is 5.32 Å². The van der Waals surface area contributed by atoms with E-state index in [-0.39, 0.29) is 5.91 Å². The van der Waals surface area contributed by atoms with Gasteiger partial charge in [0.05, 0.1) is 17.3 Å². The van der Waals surface area contributed by atoms with Crippen LogP contribution in [-0.2, 0) is 17.8 Å². The highest BCUT2D eigenvalue weighted by Crippen LogP contribution is 2.20. The minimum atomic E-state index is -0.00768. The Bertz CT molecular complexity index is 747. The third kappa shape index (κ3) is 6.06. The lowest BCUT2D eigenvalue weighted by Gasteiger charge is -2.21. The summed E-state index contributed by atoms with van der Waals surface area (Å²) in [6.07, 6.45) is 2.15. The highest BCUT2D eigenvalue weighted by Gasteiger charge is 2.17. The van der Waals surface area contributed by atoms with E-state index in [1.807, 2.05) is 18.2 Å². The lowest BCUT2D eigenvalue weighted by atomic mass is 10.1. The third-order valence-corrected chi connectivity index (χ3v) is 5.36. The second-order valence-electron chi connectivity index (χ2n) is 7.10. The number of para-hydroxylation sites is 1. The van der Waals surface area contributed by atoms with Crippen molar-refractivity contribution in [3.63, 3.8) is 0 Å². The molecule has 0 bridgehead atoms. The Morgan fingerprint density at radius 2 is 1.63 bits per heavy atom. The quantitative estimate of drug-likeness (QED) is 0.814. The molecular formula is C22H28ClN3O. The summed E-state index contributed by atoms with van der Waals surface area (Å²) in [4.78, 5) is 17.1. The Balaban J connectivity index is 1.47. The molecule has 1 fully saturated rings. The van der Waals surface area contributed by atoms with Crippen molar-refractivity contribution in [2.24, 2.45) is 0 Å². The molecule has 0 spiro atoms. The number of nitrogens with zero attached hydrogens (tertiary/aromatic N) is 2. The highest BCUT2D eigenvalue weighted by molar-refractivity contribution is 6.33. The second kappa shape index (κ2) is 9.88. The van der Waals surface area contributed by atoms with Crippen molar-refractivity contribution < 1.29 is 4.79 Å². The minimum absolute atomic E-state index is 0.00768. The van der Waals surface area contributed by atoms with Crippen LogP contribution < -0.4 is 5.32 Å². The molecule has 144 valence electrons. The Morgan fingerprint density at radius 1 is 0.963 bits per heavy atom. The smallest absolute Gasteiger partial charge is 0.238 e. The zero-order valence-corrected chi connectivity index (χ0v) is 16.7. The Kier molecular flexibility index (Phi) is 7.27. The Morgan fingerprint density at radius 3 is 2.37 bits per heavy atom. The maximum absolute atomic E-state index is 12.4. The molecule has 3 rings (SSSR count). The van der Waals surface area contributed by atoms with Gasteiger partial charge in [-0.15, -0.1) is 0 Å². The van der Waals surface area contributed by atoms with E-state index < -0.39 is 0 Å². The summed E-state index contributed by atoms with van der Waals surface area (Å²) < 4.78 is 0. The predicted molar refractivity (Wildman–Crippen MR) is 112 cm³/mol. The van der Waals surface area contributed by atoms with Crippen LogP contribution in [0.4, 0.5) is 5.69 Å². The van der Waals surface area contributed by atoms with E-state index in [4.69, 9.17) is 11.6 Å². The summed E-state index contributed by atoms with van der Waals surface area (Å²) in [6, 6.07) is 16.3. The van der Waals surface area contributed by atoms with Crippen molar-refractivity contribution >= 4 is 23.2 Å². The van der Waals surface area contributed by atoms with Crippen molar-refractivity contribution in [3.8, 4) is 0 Å². The van der Waals surface area contributed by atoms with Gasteiger partial charge in [0.25, 0.3) is 0 Å². The van der Waals surface area contributed by atoms with Crippen LogP contribution in [-0.4, -0.2) is 48.4 Å². The molecule has 0 atom stereocenters. The number of benzene rings is 2. The van der Waals surface area contributed by atoms with Crippen LogP contribution >= 0.6 is 11.6 Å². The molecule has 0 unspecified atom stereocenters. The van der Waals surface area contributed by atoms with E-state index in [1.165, 1.54) is 11.1 Å². The number of hydrogen-bond acceptors (Lipinski definition) is 3. The summed E-state index contributed by atoms with van der Waals surface area (Å²) in [5, 5.41) is 3.48. The fraction of sp³-hybridized carbons (Fsp3) is 0.409. The van der Waals surface area contributed by atoms with Crippen LogP contribution in [0.2, 0.25) is 5.02 Å². The molecule has 1 aliphatic rings. The molecular weight excluding hydrogens is 358 g/mol. The standard InChI is InChI=1S/C22H28ClN3O/c1-2-18-8-10-19(11-9-18)16-25-12-5-13-26(15-14-25)17-22(27)24-21-7-4-3-6-20(21)23/h3-4,6-11H,2,5,12-17H2,1H3,(H,24,27). The van der Waals surface area contributed by atoms with Gasteiger partial charge >= 0.3 is 0 Å². The lowest BCUT2D eigenvalue weighted by Crippen LogP contribution is -2.36. The molecule has 0 radical (unpaired) electrons. The van der Waals surface area contributed by atoms with Crippen LogP contribution in [0.5, 0.6) is 0 Å². The molecule has 27 heavy (non-hydrogen) atoms. The summed E-state index contributed by atoms with van der Waals surface area (Å²) in [5.74, 6) is -0.00768. The monoisotopic (exact) mass is 385 g/mol. The SMILES string of the molecule is CCc1ccc(CN2CCCN(CC(=O)Nc3ccccc3Cl)CC2)cc1. The summed E-state index contributed by atoms with van der Waals surface area (Å²) in [7, 11) is 0. The lowest BCUT2D eigenvalue weighted by molar-refractivity contribution is -0.117. The van der Waals surface area contributed by atoms with Crippen LogP contribution in [0.25, 0.3) is 0 Å². The normalized spacial score (nSPS) is 16.1. The molecule has 0 saturated carbocycles. The predicted octanol–water partition coefficient (Wildman–Crippen LogP) is 4.05. The van der Waals surface area contributed by atoms with Crippen molar-refractivity contribution in [2.75, 3.05) is 38.0 Å². The maximum Gasteiger partial charge on any atom is 0.238 e. The number of carbonyl (C=O) groups excluding carboxylic acids is 1. The van der Waals surface area contributed by atoms with Crippen molar-refractivity contribution in [2.45, 2.75) is 26.3 Å². The molecule has 5 heteroatoms. The van der Waals surface area contributed by atoms with Gasteiger partial charge in [-0.3, -0.25) is 14.6 Å². The minimum Gasteiger partial charge on any atom is -0.324 e. The van der Waals surface area contributed by atoms with Gasteiger partial charge in [0.15, 0.2) is 0 Å². The number of anilines is 1. The number of aryl methyl sites for hydroxylation is 1. The van der Waals surface area contributed by atoms with E-state index in [0.29, 0.717) is 17.3 Å². The zero-order chi connectivity index (χ0) is 19.1. The summed E-state index contributed by atoms with van der Waals surface area (Å²) in [6.45, 7) is 7.46. The topological polar surface area (TPSA) is 35.6 Å². The van der Waals surface area contributed by atoms with Crippen LogP contribution in [0.15, 0.2) is 48.5 Å². The van der Waals surface area contributed by atoms with Gasteiger partial charge in [-0.05, 0) is 49.2 Å². The molecule has 2 aromatic rings. The summed E-state index contributed by atoms with van der Waals surface area (Å²) in [5.41, 5.74) is 3.42. The molecule has 1 heterocycles. The number of halogens is 1. The van der Waals surface area contributed by atoms with Crippen molar-refractivity contribution in [1.82, 2.24) is 9.80 Å². The number of carbonyl (C=O) groups is 1. The number of nitrogens with one attached hydrogen (secondary N) is 1. The zero-order valence-electron chi connectivity index (χ0n) is 16.0. The maximum atomic E-state index is 12.4. The van der Waals surface area contributed by atoms with Crippen LogP contribution in [0.1, 0.15) is 24.5 Å². The van der Waals surface area contributed by atoms with Gasteiger partial charge in [-0.1, -0.05) is 54.9 Å². The van der Waals surface area contributed by atoms with Gasteiger partial charge in [-0.25, -0.2) is 0 Å². The molecule has 0 aliphatic carbocycles. The van der Waals surface area contributed by atoms with Gasteiger partial charge in [0.1, 0.15) is 0 Å². The first-order valence-corrected chi connectivity index (χ1v) is 10.1. The molecule has 1 amide bonds. The molecule has 4 nitrogen and oxygen atoms in total. The number of amides is 1. The van der Waals surface area contributed by atoms with Crippen LogP contribution in [0, 0.1) is 0 Å². The molecule has 1 aliphatic heterocycles. The Labute approximate surface area is 167 Å². The first-order valence-electron chi connectivity index (χ1n) is 9.71. The third-order valence-electron chi connectivity index (χ3n) is 5.03. The number of hydrogen-bond donors (Lipinski definition) is 1. The van der Waals surface area contributed by atoms with Gasteiger partial charge in [0.2, 0.25) is 5.91 Å². The first-order chi connectivity index (χ1) is 13.1. The molecule has 1 saturated heterocycles. The van der Waals surface area contributed by atoms with Crippen molar-refractivity contribution in [3.05, 3.63) is 64.7 Å². The average molecular weight is 386 g/mol. The van der Waals surface area contributed by atoms with E-state index in [2.05, 4.69) is 46.3 Å². The van der Waals surface area contributed by atoms with E-state index in [1.54, 1.807) is 6.07 Å². The van der Waals surface area contributed by atoms with Gasteiger partial charge in [-0.2, -0.15) is 0 Å². The highest BCUT2D eigenvalue weighted by atomic mass is 35.5. The molecule has 0 aromatic heterocycles. The average Bonchev–Trinajstić information content (AvgIpc) is 2.89. The fourth-order valence-corrected chi connectivity index (χ4v) is 3.62.